The molecule has 5 heteroatoms. The molecule has 0 aliphatic carbocycles. The van der Waals surface area contributed by atoms with Crippen molar-refractivity contribution >= 4 is 17.8 Å². The van der Waals surface area contributed by atoms with E-state index in [0.717, 1.165) is 5.56 Å². The third-order valence-electron chi connectivity index (χ3n) is 3.24. The Morgan fingerprint density at radius 3 is 2.33 bits per heavy atom. The largest absolute Gasteiger partial charge is 0.451 e. The minimum absolute atomic E-state index is 0.271. The second-order valence-electron chi connectivity index (χ2n) is 5.02. The highest BCUT2D eigenvalue weighted by molar-refractivity contribution is 6.01. The van der Waals surface area contributed by atoms with Crippen LogP contribution in [0, 0.1) is 17.1 Å². The number of ketones is 1. The third kappa shape index (κ3) is 4.62. The molecule has 1 atom stereocenters. The van der Waals surface area contributed by atoms with E-state index in [1.807, 2.05) is 6.07 Å². The van der Waals surface area contributed by atoms with Gasteiger partial charge in [-0.3, -0.25) is 4.79 Å². The van der Waals surface area contributed by atoms with Crippen LogP contribution in [0.15, 0.2) is 54.6 Å². The van der Waals surface area contributed by atoms with Crippen LogP contribution in [0.3, 0.4) is 0 Å². The highest BCUT2D eigenvalue weighted by atomic mass is 19.1. The van der Waals surface area contributed by atoms with Crippen LogP contribution in [0.4, 0.5) is 4.39 Å². The zero-order valence-corrected chi connectivity index (χ0v) is 12.9. The average molecular weight is 323 g/mol. The van der Waals surface area contributed by atoms with E-state index in [1.54, 1.807) is 24.3 Å². The lowest BCUT2D eigenvalue weighted by Gasteiger charge is -2.10. The quantitative estimate of drug-likeness (QED) is 0.479. The first-order valence-corrected chi connectivity index (χ1v) is 7.18. The Hall–Kier alpha value is -3.26. The molecule has 0 aromatic heterocycles. The molecule has 0 aliphatic heterocycles. The molecule has 120 valence electrons. The zero-order chi connectivity index (χ0) is 17.5. The van der Waals surface area contributed by atoms with Gasteiger partial charge in [-0.25, -0.2) is 9.18 Å². The van der Waals surface area contributed by atoms with Crippen LogP contribution in [-0.4, -0.2) is 17.9 Å². The highest BCUT2D eigenvalue weighted by Gasteiger charge is 2.18. The summed E-state index contributed by atoms with van der Waals surface area (Å²) in [6.45, 7) is 1.46. The van der Waals surface area contributed by atoms with Gasteiger partial charge in [0.15, 0.2) is 6.10 Å². The van der Waals surface area contributed by atoms with Gasteiger partial charge in [-0.2, -0.15) is 5.26 Å². The standard InChI is InChI=1S/C19H14FNO3/c1-13(19(23)16-7-9-17(20)10-8-16)24-18(22)11-6-14-2-4-15(12-21)5-3-14/h2-11,13H,1H3/b11-6+/t13-/m0/s1. The fourth-order valence-electron chi connectivity index (χ4n) is 1.95. The van der Waals surface area contributed by atoms with Crippen molar-refractivity contribution in [2.75, 3.05) is 0 Å². The van der Waals surface area contributed by atoms with Crippen LogP contribution < -0.4 is 0 Å². The lowest BCUT2D eigenvalue weighted by atomic mass is 10.1. The van der Waals surface area contributed by atoms with Crippen LogP contribution in [-0.2, 0) is 9.53 Å². The molecule has 2 rings (SSSR count). The number of halogens is 1. The molecular weight excluding hydrogens is 309 g/mol. The Balaban J connectivity index is 1.95. The Morgan fingerprint density at radius 1 is 1.12 bits per heavy atom. The van der Waals surface area contributed by atoms with Crippen LogP contribution in [0.1, 0.15) is 28.4 Å². The number of esters is 1. The molecule has 0 saturated heterocycles. The van der Waals surface area contributed by atoms with E-state index in [0.29, 0.717) is 5.56 Å². The second-order valence-corrected chi connectivity index (χ2v) is 5.02. The van der Waals surface area contributed by atoms with E-state index in [9.17, 15) is 14.0 Å². The first-order chi connectivity index (χ1) is 11.5. The smallest absolute Gasteiger partial charge is 0.331 e. The minimum atomic E-state index is -0.978. The molecule has 2 aromatic rings. The maximum absolute atomic E-state index is 12.8. The van der Waals surface area contributed by atoms with E-state index in [-0.39, 0.29) is 5.56 Å². The molecule has 0 bridgehead atoms. The topological polar surface area (TPSA) is 67.2 Å². The van der Waals surface area contributed by atoms with Crippen molar-refractivity contribution in [1.29, 1.82) is 5.26 Å². The number of nitrogens with zero attached hydrogens (tertiary/aromatic N) is 1. The van der Waals surface area contributed by atoms with Crippen molar-refractivity contribution in [2.45, 2.75) is 13.0 Å². The number of rotatable bonds is 5. The predicted octanol–water partition coefficient (Wildman–Crippen LogP) is 3.53. The van der Waals surface area contributed by atoms with Crippen molar-refractivity contribution in [1.82, 2.24) is 0 Å². The summed E-state index contributed by atoms with van der Waals surface area (Å²) in [5.74, 6) is -1.51. The van der Waals surface area contributed by atoms with E-state index in [1.165, 1.54) is 43.3 Å². The van der Waals surface area contributed by atoms with Gasteiger partial charge >= 0.3 is 5.97 Å². The van der Waals surface area contributed by atoms with Gasteiger partial charge in [0.2, 0.25) is 5.78 Å². The summed E-state index contributed by atoms with van der Waals surface area (Å²) >= 11 is 0. The Bertz CT molecular complexity index is 802. The van der Waals surface area contributed by atoms with Gasteiger partial charge in [-0.1, -0.05) is 12.1 Å². The molecule has 0 spiro atoms. The van der Waals surface area contributed by atoms with Crippen molar-refractivity contribution in [3.8, 4) is 6.07 Å². The normalized spacial score (nSPS) is 11.7. The fourth-order valence-corrected chi connectivity index (χ4v) is 1.95. The van der Waals surface area contributed by atoms with E-state index >= 15 is 0 Å². The minimum Gasteiger partial charge on any atom is -0.451 e. The van der Waals surface area contributed by atoms with Crippen LogP contribution in [0.25, 0.3) is 6.08 Å². The monoisotopic (exact) mass is 323 g/mol. The van der Waals surface area contributed by atoms with E-state index < -0.39 is 23.7 Å². The molecule has 0 amide bonds. The highest BCUT2D eigenvalue weighted by Crippen LogP contribution is 2.09. The summed E-state index contributed by atoms with van der Waals surface area (Å²) in [5, 5.41) is 8.71. The zero-order valence-electron chi connectivity index (χ0n) is 12.9. The Labute approximate surface area is 138 Å². The van der Waals surface area contributed by atoms with E-state index in [4.69, 9.17) is 10.00 Å². The summed E-state index contributed by atoms with van der Waals surface area (Å²) < 4.78 is 17.9. The van der Waals surface area contributed by atoms with Gasteiger partial charge < -0.3 is 4.74 Å². The van der Waals surface area contributed by atoms with E-state index in [2.05, 4.69) is 0 Å². The van der Waals surface area contributed by atoms with Gasteiger partial charge in [0.05, 0.1) is 11.6 Å². The Kier molecular flexibility index (Phi) is 5.58. The lowest BCUT2D eigenvalue weighted by Crippen LogP contribution is -2.23. The summed E-state index contributed by atoms with van der Waals surface area (Å²) in [6, 6.07) is 13.7. The summed E-state index contributed by atoms with van der Waals surface area (Å²) in [7, 11) is 0. The van der Waals surface area contributed by atoms with Gasteiger partial charge in [0.25, 0.3) is 0 Å². The summed E-state index contributed by atoms with van der Waals surface area (Å²) in [6.07, 6.45) is 1.75. The third-order valence-corrected chi connectivity index (χ3v) is 3.24. The Morgan fingerprint density at radius 2 is 1.75 bits per heavy atom. The first-order valence-electron chi connectivity index (χ1n) is 7.18. The van der Waals surface area contributed by atoms with Gasteiger partial charge in [0.1, 0.15) is 5.82 Å². The SMILES string of the molecule is C[C@H](OC(=O)/C=C/c1ccc(C#N)cc1)C(=O)c1ccc(F)cc1. The molecule has 0 radical (unpaired) electrons. The number of carbonyl (C=O) groups is 2. The van der Waals surface area contributed by atoms with Crippen LogP contribution >= 0.6 is 0 Å². The van der Waals surface area contributed by atoms with Crippen molar-refractivity contribution < 1.29 is 18.7 Å². The molecule has 0 aliphatic rings. The molecule has 0 fully saturated rings. The summed E-state index contributed by atoms with van der Waals surface area (Å²) in [5.41, 5.74) is 1.52. The van der Waals surface area contributed by atoms with Crippen molar-refractivity contribution in [2.24, 2.45) is 0 Å². The number of Topliss-reactive ketones (excluding diaryl/α,β-unsaturated/α-hetero) is 1. The molecular formula is C19H14FNO3. The number of nitriles is 1. The number of hydrogen-bond donors (Lipinski definition) is 0. The molecule has 2 aromatic carbocycles. The lowest BCUT2D eigenvalue weighted by molar-refractivity contribution is -0.140. The van der Waals surface area contributed by atoms with Crippen molar-refractivity contribution in [3.05, 3.63) is 77.1 Å². The number of ether oxygens (including phenoxy) is 1. The maximum atomic E-state index is 12.8. The van der Waals surface area contributed by atoms with Gasteiger partial charge in [-0.05, 0) is 55.0 Å². The number of benzene rings is 2. The average Bonchev–Trinajstić information content (AvgIpc) is 2.60. The molecule has 0 saturated carbocycles. The predicted molar refractivity (Wildman–Crippen MR) is 86.5 cm³/mol. The maximum Gasteiger partial charge on any atom is 0.331 e. The van der Waals surface area contributed by atoms with Gasteiger partial charge in [-0.15, -0.1) is 0 Å². The fraction of sp³-hybridized carbons (Fsp3) is 0.105. The van der Waals surface area contributed by atoms with Gasteiger partial charge in [0, 0.05) is 11.6 Å². The number of carbonyl (C=O) groups excluding carboxylic acids is 2. The van der Waals surface area contributed by atoms with Crippen LogP contribution in [0.5, 0.6) is 0 Å². The van der Waals surface area contributed by atoms with Crippen molar-refractivity contribution in [3.63, 3.8) is 0 Å². The molecule has 24 heavy (non-hydrogen) atoms. The molecule has 4 nitrogen and oxygen atoms in total. The second kappa shape index (κ2) is 7.84. The first kappa shape index (κ1) is 17.1. The number of hydrogen-bond acceptors (Lipinski definition) is 4. The molecule has 0 N–H and O–H groups in total. The molecule has 0 heterocycles. The molecule has 0 unspecified atom stereocenters. The summed E-state index contributed by atoms with van der Waals surface area (Å²) in [4.78, 5) is 23.8. The van der Waals surface area contributed by atoms with Crippen LogP contribution in [0.2, 0.25) is 0 Å².